The number of aromatic hydroxyl groups is 1. The van der Waals surface area contributed by atoms with Gasteiger partial charge in [0.15, 0.2) is 23.0 Å². The molecule has 0 aliphatic carbocycles. The van der Waals surface area contributed by atoms with Crippen molar-refractivity contribution >= 4 is 5.71 Å². The zero-order chi connectivity index (χ0) is 19.2. The van der Waals surface area contributed by atoms with Crippen LogP contribution in [0.2, 0.25) is 0 Å². The standard InChI is InChI=1S/C22H27NO4/c1-4-25-20-12-15(7-8-19(20)24)11-18-17-14-22(27-6-3)21(26-5-2)13-16(17)9-10-23-18/h7-8,12-14,24H,4-6,9-11H2,1-3H3. The number of fused-ring (bicyclic) bond motifs is 1. The SMILES string of the molecule is CCOc1cc(CC2=NCCc3cc(OCC)c(OCC)cc32)ccc1O. The van der Waals surface area contributed by atoms with Crippen molar-refractivity contribution in [3.63, 3.8) is 0 Å². The zero-order valence-corrected chi connectivity index (χ0v) is 16.2. The van der Waals surface area contributed by atoms with Crippen molar-refractivity contribution in [3.05, 3.63) is 47.0 Å². The van der Waals surface area contributed by atoms with E-state index in [9.17, 15) is 5.11 Å². The largest absolute Gasteiger partial charge is 0.504 e. The van der Waals surface area contributed by atoms with Crippen LogP contribution in [0.3, 0.4) is 0 Å². The average Bonchev–Trinajstić information content (AvgIpc) is 2.66. The van der Waals surface area contributed by atoms with Gasteiger partial charge in [-0.1, -0.05) is 6.07 Å². The molecule has 0 fully saturated rings. The third-order valence-electron chi connectivity index (χ3n) is 4.46. The van der Waals surface area contributed by atoms with E-state index in [1.54, 1.807) is 6.07 Å². The van der Waals surface area contributed by atoms with Crippen molar-refractivity contribution < 1.29 is 19.3 Å². The number of hydrogen-bond donors (Lipinski definition) is 1. The van der Waals surface area contributed by atoms with Gasteiger partial charge in [0, 0.05) is 24.2 Å². The molecule has 0 aromatic heterocycles. The van der Waals surface area contributed by atoms with Crippen LogP contribution in [0.25, 0.3) is 0 Å². The summed E-state index contributed by atoms with van der Waals surface area (Å²) in [6, 6.07) is 9.60. The molecule has 0 amide bonds. The Balaban J connectivity index is 1.92. The van der Waals surface area contributed by atoms with E-state index < -0.39 is 0 Å². The first kappa shape index (κ1) is 19.1. The Morgan fingerprint density at radius 3 is 2.26 bits per heavy atom. The first-order valence-electron chi connectivity index (χ1n) is 9.57. The highest BCUT2D eigenvalue weighted by molar-refractivity contribution is 6.04. The summed E-state index contributed by atoms with van der Waals surface area (Å²) in [5.41, 5.74) is 4.41. The molecule has 1 N–H and O–H groups in total. The maximum absolute atomic E-state index is 9.92. The number of phenolic OH excluding ortho intramolecular Hbond substituents is 1. The molecule has 0 radical (unpaired) electrons. The summed E-state index contributed by atoms with van der Waals surface area (Å²) >= 11 is 0. The Labute approximate surface area is 160 Å². The van der Waals surface area contributed by atoms with Crippen LogP contribution in [0, 0.1) is 0 Å². The molecule has 27 heavy (non-hydrogen) atoms. The van der Waals surface area contributed by atoms with Crippen LogP contribution in [0.1, 0.15) is 37.5 Å². The van der Waals surface area contributed by atoms with Gasteiger partial charge < -0.3 is 19.3 Å². The van der Waals surface area contributed by atoms with Crippen molar-refractivity contribution in [2.45, 2.75) is 33.6 Å². The van der Waals surface area contributed by atoms with E-state index in [1.165, 1.54) is 5.56 Å². The third-order valence-corrected chi connectivity index (χ3v) is 4.46. The fourth-order valence-corrected chi connectivity index (χ4v) is 3.29. The summed E-state index contributed by atoms with van der Waals surface area (Å²) < 4.78 is 17.0. The fourth-order valence-electron chi connectivity index (χ4n) is 3.29. The Kier molecular flexibility index (Phi) is 6.22. The van der Waals surface area contributed by atoms with E-state index in [0.717, 1.165) is 41.3 Å². The van der Waals surface area contributed by atoms with E-state index in [-0.39, 0.29) is 5.75 Å². The molecule has 0 bridgehead atoms. The summed E-state index contributed by atoms with van der Waals surface area (Å²) in [5, 5.41) is 9.92. The lowest BCUT2D eigenvalue weighted by Crippen LogP contribution is -2.16. The number of ether oxygens (including phenoxy) is 3. The Bertz CT molecular complexity index is 829. The number of rotatable bonds is 8. The van der Waals surface area contributed by atoms with E-state index in [1.807, 2.05) is 39.0 Å². The molecule has 0 saturated heterocycles. The number of aliphatic imine (C=N–C) groups is 1. The van der Waals surface area contributed by atoms with E-state index in [2.05, 4.69) is 6.07 Å². The zero-order valence-electron chi connectivity index (χ0n) is 16.2. The van der Waals surface area contributed by atoms with Crippen LogP contribution in [-0.2, 0) is 12.8 Å². The molecule has 0 atom stereocenters. The second-order valence-electron chi connectivity index (χ2n) is 6.31. The van der Waals surface area contributed by atoms with Gasteiger partial charge in [-0.25, -0.2) is 0 Å². The number of phenols is 1. The van der Waals surface area contributed by atoms with Crippen LogP contribution >= 0.6 is 0 Å². The molecular weight excluding hydrogens is 342 g/mol. The smallest absolute Gasteiger partial charge is 0.161 e. The minimum atomic E-state index is 0.159. The lowest BCUT2D eigenvalue weighted by molar-refractivity contribution is 0.287. The van der Waals surface area contributed by atoms with Crippen LogP contribution in [-0.4, -0.2) is 37.2 Å². The topological polar surface area (TPSA) is 60.3 Å². The van der Waals surface area contributed by atoms with Gasteiger partial charge in [-0.2, -0.15) is 0 Å². The molecule has 3 rings (SSSR count). The molecule has 2 aromatic carbocycles. The van der Waals surface area contributed by atoms with Crippen molar-refractivity contribution in [1.82, 2.24) is 0 Å². The maximum atomic E-state index is 9.92. The van der Waals surface area contributed by atoms with Gasteiger partial charge in [0.05, 0.1) is 19.8 Å². The van der Waals surface area contributed by atoms with Gasteiger partial charge in [-0.05, 0) is 62.6 Å². The van der Waals surface area contributed by atoms with E-state index >= 15 is 0 Å². The second-order valence-corrected chi connectivity index (χ2v) is 6.31. The van der Waals surface area contributed by atoms with Crippen LogP contribution < -0.4 is 14.2 Å². The van der Waals surface area contributed by atoms with Crippen LogP contribution in [0.5, 0.6) is 23.0 Å². The quantitative estimate of drug-likeness (QED) is 0.758. The number of hydrogen-bond acceptors (Lipinski definition) is 5. The normalized spacial score (nSPS) is 12.9. The van der Waals surface area contributed by atoms with Gasteiger partial charge >= 0.3 is 0 Å². The summed E-state index contributed by atoms with van der Waals surface area (Å²) in [6.07, 6.45) is 1.57. The van der Waals surface area contributed by atoms with Gasteiger partial charge in [-0.15, -0.1) is 0 Å². The van der Waals surface area contributed by atoms with E-state index in [0.29, 0.717) is 32.0 Å². The van der Waals surface area contributed by atoms with Gasteiger partial charge in [0.25, 0.3) is 0 Å². The molecule has 1 aliphatic heterocycles. The lowest BCUT2D eigenvalue weighted by Gasteiger charge is -2.21. The van der Waals surface area contributed by atoms with Crippen LogP contribution in [0.4, 0.5) is 0 Å². The van der Waals surface area contributed by atoms with Gasteiger partial charge in [-0.3, -0.25) is 4.99 Å². The molecule has 5 heteroatoms. The van der Waals surface area contributed by atoms with Crippen molar-refractivity contribution in [3.8, 4) is 23.0 Å². The average molecular weight is 369 g/mol. The predicted octanol–water partition coefficient (Wildman–Crippen LogP) is 4.18. The molecule has 2 aromatic rings. The Hall–Kier alpha value is -2.69. The molecule has 1 heterocycles. The number of benzene rings is 2. The first-order valence-corrected chi connectivity index (χ1v) is 9.57. The summed E-state index contributed by atoms with van der Waals surface area (Å²) in [6.45, 7) is 8.31. The highest BCUT2D eigenvalue weighted by atomic mass is 16.5. The molecule has 0 spiro atoms. The fraction of sp³-hybridized carbons (Fsp3) is 0.409. The van der Waals surface area contributed by atoms with E-state index in [4.69, 9.17) is 19.2 Å². The van der Waals surface area contributed by atoms with Crippen LogP contribution in [0.15, 0.2) is 35.3 Å². The molecule has 5 nitrogen and oxygen atoms in total. The summed E-state index contributed by atoms with van der Waals surface area (Å²) in [7, 11) is 0. The minimum absolute atomic E-state index is 0.159. The lowest BCUT2D eigenvalue weighted by atomic mass is 9.93. The summed E-state index contributed by atoms with van der Waals surface area (Å²) in [4.78, 5) is 4.76. The third kappa shape index (κ3) is 4.35. The van der Waals surface area contributed by atoms with Gasteiger partial charge in [0.1, 0.15) is 0 Å². The Morgan fingerprint density at radius 2 is 1.56 bits per heavy atom. The minimum Gasteiger partial charge on any atom is -0.504 e. The second kappa shape index (κ2) is 8.80. The summed E-state index contributed by atoms with van der Waals surface area (Å²) in [5.74, 6) is 2.22. The number of nitrogens with zero attached hydrogens (tertiary/aromatic N) is 1. The van der Waals surface area contributed by atoms with Crippen molar-refractivity contribution in [2.75, 3.05) is 26.4 Å². The molecule has 1 aliphatic rings. The van der Waals surface area contributed by atoms with Crippen molar-refractivity contribution in [2.24, 2.45) is 4.99 Å². The van der Waals surface area contributed by atoms with Gasteiger partial charge in [0.2, 0.25) is 0 Å². The molecule has 0 unspecified atom stereocenters. The first-order chi connectivity index (χ1) is 13.2. The highest BCUT2D eigenvalue weighted by Crippen LogP contribution is 2.34. The molecule has 144 valence electrons. The predicted molar refractivity (Wildman–Crippen MR) is 107 cm³/mol. The molecular formula is C22H27NO4. The molecule has 0 saturated carbocycles. The van der Waals surface area contributed by atoms with Crippen molar-refractivity contribution in [1.29, 1.82) is 0 Å². The Morgan fingerprint density at radius 1 is 0.889 bits per heavy atom. The monoisotopic (exact) mass is 369 g/mol. The highest BCUT2D eigenvalue weighted by Gasteiger charge is 2.19. The maximum Gasteiger partial charge on any atom is 0.161 e.